The Kier molecular flexibility index (Phi) is 6.04. The molecule has 1 aliphatic carbocycles. The molecule has 0 aromatic carbocycles. The Hall–Kier alpha value is 0.270. The molecule has 0 aromatic rings. The van der Waals surface area contributed by atoms with Gasteiger partial charge < -0.3 is 5.32 Å². The van der Waals surface area contributed by atoms with Crippen LogP contribution in [0.5, 0.6) is 0 Å². The minimum atomic E-state index is 0.731. The van der Waals surface area contributed by atoms with Gasteiger partial charge in [0.25, 0.3) is 0 Å². The second-order valence-corrected chi connectivity index (χ2v) is 7.80. The van der Waals surface area contributed by atoms with Gasteiger partial charge in [-0.25, -0.2) is 0 Å². The van der Waals surface area contributed by atoms with Gasteiger partial charge in [0, 0.05) is 29.9 Å². The van der Waals surface area contributed by atoms with Crippen LogP contribution in [0.1, 0.15) is 53.4 Å². The summed E-state index contributed by atoms with van der Waals surface area (Å²) < 4.78 is 0. The van der Waals surface area contributed by atoms with Crippen molar-refractivity contribution >= 4 is 11.8 Å². The molecule has 112 valence electrons. The van der Waals surface area contributed by atoms with Crippen molar-refractivity contribution in [3.05, 3.63) is 0 Å². The first kappa shape index (κ1) is 15.7. The average Bonchev–Trinajstić information content (AvgIpc) is 2.84. The fourth-order valence-electron chi connectivity index (χ4n) is 4.11. The van der Waals surface area contributed by atoms with Crippen molar-refractivity contribution in [2.24, 2.45) is 5.92 Å². The molecule has 2 fully saturated rings. The molecule has 19 heavy (non-hydrogen) atoms. The lowest BCUT2D eigenvalue weighted by Gasteiger charge is -2.47. The monoisotopic (exact) mass is 284 g/mol. The van der Waals surface area contributed by atoms with Gasteiger partial charge in [-0.2, -0.15) is 11.8 Å². The Morgan fingerprint density at radius 2 is 1.95 bits per heavy atom. The largest absolute Gasteiger partial charge is 0.314 e. The molecule has 1 N–H and O–H groups in total. The molecule has 0 spiro atoms. The Balaban J connectivity index is 1.97. The molecule has 1 saturated heterocycles. The summed E-state index contributed by atoms with van der Waals surface area (Å²) >= 11 is 2.20. The zero-order valence-electron chi connectivity index (χ0n) is 13.2. The van der Waals surface area contributed by atoms with E-state index in [9.17, 15) is 0 Å². The lowest BCUT2D eigenvalue weighted by Crippen LogP contribution is -2.57. The van der Waals surface area contributed by atoms with Gasteiger partial charge in [0.05, 0.1) is 0 Å². The van der Waals surface area contributed by atoms with Gasteiger partial charge in [-0.3, -0.25) is 4.90 Å². The molecule has 5 unspecified atom stereocenters. The molecule has 1 aliphatic heterocycles. The third-order valence-corrected chi connectivity index (χ3v) is 6.62. The van der Waals surface area contributed by atoms with Crippen LogP contribution >= 0.6 is 11.8 Å². The first-order valence-electron chi connectivity index (χ1n) is 8.29. The van der Waals surface area contributed by atoms with Crippen molar-refractivity contribution in [3.8, 4) is 0 Å². The predicted octanol–water partition coefficient (Wildman–Crippen LogP) is 3.37. The fourth-order valence-corrected chi connectivity index (χ4v) is 5.38. The van der Waals surface area contributed by atoms with E-state index in [0.717, 1.165) is 35.8 Å². The summed E-state index contributed by atoms with van der Waals surface area (Å²) in [5, 5.41) is 4.58. The minimum Gasteiger partial charge on any atom is -0.314 e. The molecule has 1 saturated carbocycles. The van der Waals surface area contributed by atoms with Crippen LogP contribution in [0, 0.1) is 5.92 Å². The van der Waals surface area contributed by atoms with Gasteiger partial charge in [-0.15, -0.1) is 0 Å². The topological polar surface area (TPSA) is 15.3 Å². The summed E-state index contributed by atoms with van der Waals surface area (Å²) in [6, 6.07) is 2.32. The van der Waals surface area contributed by atoms with Crippen LogP contribution in [-0.4, -0.2) is 47.1 Å². The molecule has 2 rings (SSSR count). The number of hydrogen-bond donors (Lipinski definition) is 1. The number of rotatable bonds is 5. The zero-order valence-corrected chi connectivity index (χ0v) is 14.0. The second-order valence-electron chi connectivity index (χ2n) is 6.28. The van der Waals surface area contributed by atoms with Gasteiger partial charge in [0.2, 0.25) is 0 Å². The van der Waals surface area contributed by atoms with Crippen molar-refractivity contribution in [1.82, 2.24) is 10.2 Å². The third-order valence-electron chi connectivity index (χ3n) is 5.31. The number of nitrogens with one attached hydrogen (secondary N) is 1. The van der Waals surface area contributed by atoms with Crippen LogP contribution in [0.15, 0.2) is 0 Å². The second kappa shape index (κ2) is 7.33. The zero-order chi connectivity index (χ0) is 13.8. The Labute approximate surface area is 124 Å². The van der Waals surface area contributed by atoms with Crippen LogP contribution in [0.3, 0.4) is 0 Å². The van der Waals surface area contributed by atoms with E-state index in [1.54, 1.807) is 0 Å². The van der Waals surface area contributed by atoms with E-state index >= 15 is 0 Å². The Morgan fingerprint density at radius 1 is 1.16 bits per heavy atom. The lowest BCUT2D eigenvalue weighted by atomic mass is 9.85. The smallest absolute Gasteiger partial charge is 0.0217 e. The molecule has 3 heteroatoms. The molecule has 2 aliphatic rings. The molecular formula is C16H32N2S. The van der Waals surface area contributed by atoms with E-state index in [0.29, 0.717) is 0 Å². The molecule has 0 aromatic heterocycles. The van der Waals surface area contributed by atoms with Gasteiger partial charge in [0.15, 0.2) is 0 Å². The highest BCUT2D eigenvalue weighted by molar-refractivity contribution is 7.99. The van der Waals surface area contributed by atoms with Gasteiger partial charge in [0.1, 0.15) is 0 Å². The summed E-state index contributed by atoms with van der Waals surface area (Å²) in [4.78, 5) is 2.85. The third kappa shape index (κ3) is 3.48. The molecule has 2 nitrogen and oxygen atoms in total. The van der Waals surface area contributed by atoms with Gasteiger partial charge >= 0.3 is 0 Å². The van der Waals surface area contributed by atoms with Crippen LogP contribution in [0.25, 0.3) is 0 Å². The maximum Gasteiger partial charge on any atom is 0.0217 e. The number of hydrogen-bond acceptors (Lipinski definition) is 3. The molecule has 5 atom stereocenters. The van der Waals surface area contributed by atoms with Crippen LogP contribution in [0.4, 0.5) is 0 Å². The fraction of sp³-hybridized carbons (Fsp3) is 1.00. The van der Waals surface area contributed by atoms with E-state index in [2.05, 4.69) is 49.7 Å². The highest BCUT2D eigenvalue weighted by Crippen LogP contribution is 2.37. The molecule has 0 radical (unpaired) electrons. The summed E-state index contributed by atoms with van der Waals surface area (Å²) in [5.41, 5.74) is 0. The van der Waals surface area contributed by atoms with Crippen molar-refractivity contribution in [3.63, 3.8) is 0 Å². The number of nitrogens with zero attached hydrogens (tertiary/aromatic N) is 1. The van der Waals surface area contributed by atoms with E-state index in [4.69, 9.17) is 0 Å². The predicted molar refractivity (Wildman–Crippen MR) is 87.0 cm³/mol. The van der Waals surface area contributed by atoms with E-state index in [1.807, 2.05) is 0 Å². The molecule has 0 bridgehead atoms. The number of thioether (sulfide) groups is 1. The van der Waals surface area contributed by atoms with E-state index in [-0.39, 0.29) is 0 Å². The van der Waals surface area contributed by atoms with E-state index < -0.39 is 0 Å². The van der Waals surface area contributed by atoms with Crippen LogP contribution < -0.4 is 5.32 Å². The van der Waals surface area contributed by atoms with Crippen LogP contribution in [0.2, 0.25) is 0 Å². The summed E-state index contributed by atoms with van der Waals surface area (Å²) in [6.07, 6.45) is 5.65. The highest BCUT2D eigenvalue weighted by atomic mass is 32.2. The van der Waals surface area contributed by atoms with Gasteiger partial charge in [-0.05, 0) is 44.4 Å². The summed E-state index contributed by atoms with van der Waals surface area (Å²) in [7, 11) is 0. The van der Waals surface area contributed by atoms with Gasteiger partial charge in [-0.1, -0.05) is 27.2 Å². The van der Waals surface area contributed by atoms with Crippen molar-refractivity contribution in [2.75, 3.05) is 18.8 Å². The van der Waals surface area contributed by atoms with Crippen molar-refractivity contribution in [1.29, 1.82) is 0 Å². The maximum atomic E-state index is 3.68. The lowest BCUT2D eigenvalue weighted by molar-refractivity contribution is 0.0510. The Bertz CT molecular complexity index is 271. The SMILES string of the molecule is CCNC1CCN(C2CCCC2SCC)C(C)C1C. The normalized spacial score (nSPS) is 40.7. The summed E-state index contributed by atoms with van der Waals surface area (Å²) in [5.74, 6) is 2.06. The number of likely N-dealkylation sites (tertiary alicyclic amines) is 1. The minimum absolute atomic E-state index is 0.731. The molecule has 1 heterocycles. The van der Waals surface area contributed by atoms with Crippen molar-refractivity contribution in [2.45, 2.75) is 76.8 Å². The highest BCUT2D eigenvalue weighted by Gasteiger charge is 2.39. The molecular weight excluding hydrogens is 252 g/mol. The van der Waals surface area contributed by atoms with Crippen LogP contribution in [-0.2, 0) is 0 Å². The summed E-state index contributed by atoms with van der Waals surface area (Å²) in [6.45, 7) is 11.9. The first-order chi connectivity index (χ1) is 9.19. The standard InChI is InChI=1S/C16H32N2S/c1-5-17-14-10-11-18(13(4)12(14)3)15-8-7-9-16(15)19-6-2/h12-17H,5-11H2,1-4H3. The Morgan fingerprint density at radius 3 is 2.63 bits per heavy atom. The quantitative estimate of drug-likeness (QED) is 0.833. The average molecular weight is 285 g/mol. The first-order valence-corrected chi connectivity index (χ1v) is 9.34. The maximum absolute atomic E-state index is 3.68. The number of piperidine rings is 1. The van der Waals surface area contributed by atoms with Crippen molar-refractivity contribution < 1.29 is 0 Å². The van der Waals surface area contributed by atoms with E-state index in [1.165, 1.54) is 38.0 Å². The molecule has 0 amide bonds.